The summed E-state index contributed by atoms with van der Waals surface area (Å²) in [4.78, 5) is 0. The first kappa shape index (κ1) is 13.5. The summed E-state index contributed by atoms with van der Waals surface area (Å²) in [6.45, 7) is 1.84. The van der Waals surface area contributed by atoms with Crippen molar-refractivity contribution in [1.82, 2.24) is 0 Å². The van der Waals surface area contributed by atoms with Crippen LogP contribution in [-0.4, -0.2) is 29.5 Å². The van der Waals surface area contributed by atoms with Crippen molar-refractivity contribution in [1.29, 1.82) is 0 Å². The van der Waals surface area contributed by atoms with E-state index in [0.29, 0.717) is 12.8 Å². The molecule has 2 N–H and O–H groups in total. The first-order valence-corrected chi connectivity index (χ1v) is 6.06. The van der Waals surface area contributed by atoms with Gasteiger partial charge in [0.05, 0.1) is 19.3 Å². The molecule has 0 heterocycles. The summed E-state index contributed by atoms with van der Waals surface area (Å²) in [5.41, 5.74) is 0.930. The van der Waals surface area contributed by atoms with Crippen molar-refractivity contribution in [2.24, 2.45) is 0 Å². The molecule has 1 aromatic rings. The number of halogens is 1. The molecule has 0 saturated carbocycles. The van der Waals surface area contributed by atoms with Crippen LogP contribution in [0.5, 0.6) is 5.75 Å². The number of hydrogen-bond donors (Lipinski definition) is 2. The normalized spacial score (nSPS) is 14.6. The molecular formula is C12H17BrO3. The van der Waals surface area contributed by atoms with Crippen molar-refractivity contribution in [3.63, 3.8) is 0 Å². The van der Waals surface area contributed by atoms with Gasteiger partial charge in [0.25, 0.3) is 0 Å². The Balaban J connectivity index is 2.79. The summed E-state index contributed by atoms with van der Waals surface area (Å²) in [6.07, 6.45) is -0.471. The number of benzene rings is 1. The van der Waals surface area contributed by atoms with Crippen LogP contribution in [0, 0.1) is 0 Å². The van der Waals surface area contributed by atoms with E-state index in [1.165, 1.54) is 0 Å². The lowest BCUT2D eigenvalue weighted by Crippen LogP contribution is -2.27. The number of methoxy groups -OCH3 is 1. The molecule has 0 aliphatic rings. The Morgan fingerprint density at radius 1 is 1.31 bits per heavy atom. The molecule has 90 valence electrons. The maximum atomic E-state index is 9.75. The monoisotopic (exact) mass is 288 g/mol. The highest BCUT2D eigenvalue weighted by molar-refractivity contribution is 9.10. The summed E-state index contributed by atoms with van der Waals surface area (Å²) in [5.74, 6) is 0.747. The first-order valence-electron chi connectivity index (χ1n) is 5.27. The third kappa shape index (κ3) is 3.47. The molecule has 0 radical (unpaired) electrons. The van der Waals surface area contributed by atoms with E-state index in [2.05, 4.69) is 15.9 Å². The van der Waals surface area contributed by atoms with E-state index < -0.39 is 12.2 Å². The topological polar surface area (TPSA) is 49.7 Å². The van der Waals surface area contributed by atoms with E-state index in [4.69, 9.17) is 4.74 Å². The van der Waals surface area contributed by atoms with Gasteiger partial charge in [-0.2, -0.15) is 0 Å². The van der Waals surface area contributed by atoms with Gasteiger partial charge in [0, 0.05) is 10.9 Å². The molecule has 0 bridgehead atoms. The molecule has 0 saturated heterocycles. The predicted octanol–water partition coefficient (Wildman–Crippen LogP) is 2.13. The second kappa shape index (κ2) is 6.23. The lowest BCUT2D eigenvalue weighted by atomic mass is 10.0. The van der Waals surface area contributed by atoms with E-state index in [1.807, 2.05) is 25.1 Å². The van der Waals surface area contributed by atoms with Crippen LogP contribution in [0.1, 0.15) is 18.9 Å². The molecule has 3 nitrogen and oxygen atoms in total. The standard InChI is InChI=1S/C12H17BrO3/c1-3-11(14)12(15)7-8-6-9(16-2)4-5-10(8)13/h4-6,11-12,14-15H,3,7H2,1-2H3. The molecule has 1 rings (SSSR count). The van der Waals surface area contributed by atoms with E-state index in [9.17, 15) is 10.2 Å². The summed E-state index contributed by atoms with van der Waals surface area (Å²) in [7, 11) is 1.60. The fraction of sp³-hybridized carbons (Fsp3) is 0.500. The second-order valence-electron chi connectivity index (χ2n) is 3.70. The van der Waals surface area contributed by atoms with Crippen molar-refractivity contribution in [2.75, 3.05) is 7.11 Å². The van der Waals surface area contributed by atoms with Crippen LogP contribution < -0.4 is 4.74 Å². The molecule has 2 atom stereocenters. The van der Waals surface area contributed by atoms with Crippen LogP contribution in [0.3, 0.4) is 0 Å². The van der Waals surface area contributed by atoms with Gasteiger partial charge in [-0.1, -0.05) is 22.9 Å². The number of aliphatic hydroxyl groups is 2. The van der Waals surface area contributed by atoms with Gasteiger partial charge in [-0.25, -0.2) is 0 Å². The lowest BCUT2D eigenvalue weighted by Gasteiger charge is -2.17. The summed E-state index contributed by atoms with van der Waals surface area (Å²) < 4.78 is 6.03. The Morgan fingerprint density at radius 3 is 2.56 bits per heavy atom. The highest BCUT2D eigenvalue weighted by Crippen LogP contribution is 2.24. The minimum Gasteiger partial charge on any atom is -0.497 e. The van der Waals surface area contributed by atoms with Crippen LogP contribution in [0.15, 0.2) is 22.7 Å². The molecule has 0 fully saturated rings. The van der Waals surface area contributed by atoms with Crippen LogP contribution >= 0.6 is 15.9 Å². The number of rotatable bonds is 5. The molecule has 0 spiro atoms. The van der Waals surface area contributed by atoms with E-state index >= 15 is 0 Å². The maximum Gasteiger partial charge on any atom is 0.119 e. The zero-order valence-electron chi connectivity index (χ0n) is 9.48. The van der Waals surface area contributed by atoms with Gasteiger partial charge in [-0.05, 0) is 30.2 Å². The van der Waals surface area contributed by atoms with Crippen molar-refractivity contribution in [3.05, 3.63) is 28.2 Å². The van der Waals surface area contributed by atoms with E-state index in [-0.39, 0.29) is 0 Å². The van der Waals surface area contributed by atoms with Crippen molar-refractivity contribution in [2.45, 2.75) is 32.0 Å². The van der Waals surface area contributed by atoms with Gasteiger partial charge in [0.1, 0.15) is 5.75 Å². The van der Waals surface area contributed by atoms with Crippen LogP contribution in [0.25, 0.3) is 0 Å². The molecule has 0 amide bonds. The largest absolute Gasteiger partial charge is 0.497 e. The van der Waals surface area contributed by atoms with Gasteiger partial charge in [-0.15, -0.1) is 0 Å². The minimum absolute atomic E-state index is 0.410. The fourth-order valence-corrected chi connectivity index (χ4v) is 1.88. The first-order chi connectivity index (χ1) is 7.58. The summed E-state index contributed by atoms with van der Waals surface area (Å²) >= 11 is 3.41. The average Bonchev–Trinajstić information content (AvgIpc) is 2.30. The number of ether oxygens (including phenoxy) is 1. The highest BCUT2D eigenvalue weighted by atomic mass is 79.9. The summed E-state index contributed by atoms with van der Waals surface area (Å²) in [5, 5.41) is 19.3. The Labute approximate surface area is 104 Å². The molecule has 16 heavy (non-hydrogen) atoms. The van der Waals surface area contributed by atoms with Gasteiger partial charge >= 0.3 is 0 Å². The van der Waals surface area contributed by atoms with Crippen LogP contribution in [0.4, 0.5) is 0 Å². The third-order valence-electron chi connectivity index (χ3n) is 2.54. The van der Waals surface area contributed by atoms with Crippen LogP contribution in [-0.2, 0) is 6.42 Å². The molecule has 1 aromatic carbocycles. The predicted molar refractivity (Wildman–Crippen MR) is 66.7 cm³/mol. The smallest absolute Gasteiger partial charge is 0.119 e. The highest BCUT2D eigenvalue weighted by Gasteiger charge is 2.16. The van der Waals surface area contributed by atoms with Gasteiger partial charge in [0.15, 0.2) is 0 Å². The van der Waals surface area contributed by atoms with E-state index in [1.54, 1.807) is 7.11 Å². The Bertz CT molecular complexity index is 341. The number of hydrogen-bond acceptors (Lipinski definition) is 3. The van der Waals surface area contributed by atoms with Crippen molar-refractivity contribution >= 4 is 15.9 Å². The maximum absolute atomic E-state index is 9.75. The second-order valence-corrected chi connectivity index (χ2v) is 4.56. The quantitative estimate of drug-likeness (QED) is 0.873. The van der Waals surface area contributed by atoms with Crippen molar-refractivity contribution < 1.29 is 14.9 Å². The SMILES string of the molecule is CCC(O)C(O)Cc1cc(OC)ccc1Br. The van der Waals surface area contributed by atoms with Crippen molar-refractivity contribution in [3.8, 4) is 5.75 Å². The number of aliphatic hydroxyl groups excluding tert-OH is 2. The Morgan fingerprint density at radius 2 is 2.00 bits per heavy atom. The molecular weight excluding hydrogens is 272 g/mol. The Kier molecular flexibility index (Phi) is 5.25. The minimum atomic E-state index is -0.742. The van der Waals surface area contributed by atoms with E-state index in [0.717, 1.165) is 15.8 Å². The summed E-state index contributed by atoms with van der Waals surface area (Å²) in [6, 6.07) is 5.57. The zero-order valence-corrected chi connectivity index (χ0v) is 11.1. The fourth-order valence-electron chi connectivity index (χ4n) is 1.47. The molecule has 0 aromatic heterocycles. The Hall–Kier alpha value is -0.580. The molecule has 4 heteroatoms. The average molecular weight is 289 g/mol. The molecule has 0 aliphatic heterocycles. The zero-order chi connectivity index (χ0) is 12.1. The third-order valence-corrected chi connectivity index (χ3v) is 3.32. The lowest BCUT2D eigenvalue weighted by molar-refractivity contribution is 0.0180. The molecule has 2 unspecified atom stereocenters. The van der Waals surface area contributed by atoms with Gasteiger partial charge < -0.3 is 14.9 Å². The van der Waals surface area contributed by atoms with Gasteiger partial charge in [0.2, 0.25) is 0 Å². The molecule has 0 aliphatic carbocycles. The van der Waals surface area contributed by atoms with Gasteiger partial charge in [-0.3, -0.25) is 0 Å². The van der Waals surface area contributed by atoms with Crippen LogP contribution in [0.2, 0.25) is 0 Å².